The molecule has 3 nitrogen and oxygen atoms in total. The van der Waals surface area contributed by atoms with Gasteiger partial charge in [-0.3, -0.25) is 4.68 Å². The molecule has 0 radical (unpaired) electrons. The molecule has 2 rings (SSSR count). The second-order valence-corrected chi connectivity index (χ2v) is 4.43. The molecule has 5 heteroatoms. The van der Waals surface area contributed by atoms with E-state index in [0.717, 1.165) is 36.5 Å². The third kappa shape index (κ3) is 3.17. The van der Waals surface area contributed by atoms with Crippen LogP contribution in [0.5, 0.6) is 0 Å². The molecule has 0 atom stereocenters. The van der Waals surface area contributed by atoms with E-state index in [1.165, 1.54) is 6.07 Å². The fourth-order valence-corrected chi connectivity index (χ4v) is 1.90. The predicted octanol–water partition coefficient (Wildman–Crippen LogP) is 2.63. The fraction of sp³-hybridized carbons (Fsp3) is 0.357. The summed E-state index contributed by atoms with van der Waals surface area (Å²) < 4.78 is 28.4. The molecule has 0 spiro atoms. The van der Waals surface area contributed by atoms with E-state index < -0.39 is 11.6 Å². The van der Waals surface area contributed by atoms with Gasteiger partial charge in [0.05, 0.1) is 12.7 Å². The van der Waals surface area contributed by atoms with Crippen LogP contribution < -0.4 is 5.32 Å². The second kappa shape index (κ2) is 5.93. The molecule has 0 amide bonds. The third-order valence-electron chi connectivity index (χ3n) is 3.10. The smallest absolute Gasteiger partial charge is 0.128 e. The molecule has 0 bridgehead atoms. The topological polar surface area (TPSA) is 29.9 Å². The monoisotopic (exact) mass is 265 g/mol. The van der Waals surface area contributed by atoms with Gasteiger partial charge in [-0.05, 0) is 31.7 Å². The SMILES string of the molecule is CCNCc1cnn(Cc2cc(F)ccc2F)c1C. The number of hydrogen-bond donors (Lipinski definition) is 1. The van der Waals surface area contributed by atoms with Crippen molar-refractivity contribution in [3.63, 3.8) is 0 Å². The largest absolute Gasteiger partial charge is 0.313 e. The van der Waals surface area contributed by atoms with Crippen LogP contribution in [0.15, 0.2) is 24.4 Å². The molecule has 0 aliphatic heterocycles. The first-order valence-corrected chi connectivity index (χ1v) is 6.27. The molecule has 1 heterocycles. The Morgan fingerprint density at radius 3 is 2.79 bits per heavy atom. The van der Waals surface area contributed by atoms with Crippen molar-refractivity contribution >= 4 is 0 Å². The highest BCUT2D eigenvalue weighted by Crippen LogP contribution is 2.14. The molecule has 102 valence electrons. The van der Waals surface area contributed by atoms with Crippen molar-refractivity contribution in [2.45, 2.75) is 26.9 Å². The lowest BCUT2D eigenvalue weighted by atomic mass is 10.2. The average molecular weight is 265 g/mol. The van der Waals surface area contributed by atoms with Crippen molar-refractivity contribution in [3.8, 4) is 0 Å². The molecular formula is C14H17F2N3. The van der Waals surface area contributed by atoms with Gasteiger partial charge in [0.25, 0.3) is 0 Å². The van der Waals surface area contributed by atoms with Crippen molar-refractivity contribution in [2.75, 3.05) is 6.54 Å². The maximum absolute atomic E-state index is 13.6. The number of rotatable bonds is 5. The van der Waals surface area contributed by atoms with Crippen molar-refractivity contribution in [1.82, 2.24) is 15.1 Å². The molecule has 0 fully saturated rings. The minimum Gasteiger partial charge on any atom is -0.313 e. The van der Waals surface area contributed by atoms with Gasteiger partial charge in [0, 0.05) is 23.4 Å². The zero-order chi connectivity index (χ0) is 13.8. The van der Waals surface area contributed by atoms with E-state index in [1.807, 2.05) is 13.8 Å². The van der Waals surface area contributed by atoms with E-state index in [2.05, 4.69) is 10.4 Å². The summed E-state index contributed by atoms with van der Waals surface area (Å²) in [6.07, 6.45) is 1.76. The molecule has 1 N–H and O–H groups in total. The Hall–Kier alpha value is -1.75. The molecule has 2 aromatic rings. The summed E-state index contributed by atoms with van der Waals surface area (Å²) in [5, 5.41) is 7.44. The lowest BCUT2D eigenvalue weighted by Crippen LogP contribution is -2.13. The highest BCUT2D eigenvalue weighted by atomic mass is 19.1. The summed E-state index contributed by atoms with van der Waals surface area (Å²) in [6, 6.07) is 3.47. The molecule has 1 aromatic carbocycles. The third-order valence-corrected chi connectivity index (χ3v) is 3.10. The quantitative estimate of drug-likeness (QED) is 0.900. The van der Waals surface area contributed by atoms with Crippen LogP contribution in [-0.4, -0.2) is 16.3 Å². The minimum atomic E-state index is -0.436. The first-order chi connectivity index (χ1) is 9.11. The molecule has 0 saturated heterocycles. The van der Waals surface area contributed by atoms with Crippen molar-refractivity contribution in [2.24, 2.45) is 0 Å². The molecular weight excluding hydrogens is 248 g/mol. The van der Waals surface area contributed by atoms with Gasteiger partial charge in [0.1, 0.15) is 11.6 Å². The fourth-order valence-electron chi connectivity index (χ4n) is 1.90. The molecule has 0 aliphatic carbocycles. The van der Waals surface area contributed by atoms with Gasteiger partial charge in [-0.25, -0.2) is 8.78 Å². The van der Waals surface area contributed by atoms with Crippen LogP contribution in [0.2, 0.25) is 0 Å². The van der Waals surface area contributed by atoms with Crippen LogP contribution >= 0.6 is 0 Å². The van der Waals surface area contributed by atoms with E-state index in [1.54, 1.807) is 10.9 Å². The number of nitrogens with one attached hydrogen (secondary N) is 1. The molecule has 0 unspecified atom stereocenters. The Kier molecular flexibility index (Phi) is 4.27. The van der Waals surface area contributed by atoms with E-state index in [-0.39, 0.29) is 6.54 Å². The number of aromatic nitrogens is 2. The molecule has 0 aliphatic rings. The van der Waals surface area contributed by atoms with Gasteiger partial charge in [-0.1, -0.05) is 6.92 Å². The summed E-state index contributed by atoms with van der Waals surface area (Å²) in [4.78, 5) is 0. The van der Waals surface area contributed by atoms with Crippen molar-refractivity contribution in [1.29, 1.82) is 0 Å². The predicted molar refractivity (Wildman–Crippen MR) is 69.8 cm³/mol. The number of hydrogen-bond acceptors (Lipinski definition) is 2. The summed E-state index contributed by atoms with van der Waals surface area (Å²) in [5.41, 5.74) is 2.34. The maximum Gasteiger partial charge on any atom is 0.128 e. The Morgan fingerprint density at radius 1 is 1.26 bits per heavy atom. The van der Waals surface area contributed by atoms with Crippen LogP contribution in [0, 0.1) is 18.6 Å². The zero-order valence-corrected chi connectivity index (χ0v) is 11.1. The summed E-state index contributed by atoms with van der Waals surface area (Å²) in [5.74, 6) is -0.849. The highest BCUT2D eigenvalue weighted by Gasteiger charge is 2.09. The highest BCUT2D eigenvalue weighted by molar-refractivity contribution is 5.21. The van der Waals surface area contributed by atoms with Gasteiger partial charge < -0.3 is 5.32 Å². The van der Waals surface area contributed by atoms with Gasteiger partial charge in [-0.15, -0.1) is 0 Å². The lowest BCUT2D eigenvalue weighted by Gasteiger charge is -2.07. The maximum atomic E-state index is 13.6. The Balaban J connectivity index is 2.19. The van der Waals surface area contributed by atoms with E-state index in [4.69, 9.17) is 0 Å². The zero-order valence-electron chi connectivity index (χ0n) is 11.1. The van der Waals surface area contributed by atoms with Crippen LogP contribution in [0.3, 0.4) is 0 Å². The first kappa shape index (κ1) is 13.7. The number of nitrogens with zero attached hydrogens (tertiary/aromatic N) is 2. The Labute approximate surface area is 111 Å². The van der Waals surface area contributed by atoms with Crippen LogP contribution in [0.4, 0.5) is 8.78 Å². The number of halogens is 2. The van der Waals surface area contributed by atoms with E-state index in [0.29, 0.717) is 5.56 Å². The van der Waals surface area contributed by atoms with Crippen molar-refractivity contribution in [3.05, 3.63) is 52.9 Å². The van der Waals surface area contributed by atoms with Crippen LogP contribution in [-0.2, 0) is 13.1 Å². The van der Waals surface area contributed by atoms with E-state index >= 15 is 0 Å². The van der Waals surface area contributed by atoms with Crippen molar-refractivity contribution < 1.29 is 8.78 Å². The van der Waals surface area contributed by atoms with Crippen LogP contribution in [0.1, 0.15) is 23.7 Å². The van der Waals surface area contributed by atoms with Gasteiger partial charge in [0.15, 0.2) is 0 Å². The summed E-state index contributed by atoms with van der Waals surface area (Å²) in [6.45, 7) is 5.80. The number of benzene rings is 1. The second-order valence-electron chi connectivity index (χ2n) is 4.43. The van der Waals surface area contributed by atoms with Gasteiger partial charge in [-0.2, -0.15) is 5.10 Å². The minimum absolute atomic E-state index is 0.238. The standard InChI is InChI=1S/C14H17F2N3/c1-3-17-7-12-8-18-19(10(12)2)9-11-6-13(15)4-5-14(11)16/h4-6,8,17H,3,7,9H2,1-2H3. The van der Waals surface area contributed by atoms with E-state index in [9.17, 15) is 8.78 Å². The summed E-state index contributed by atoms with van der Waals surface area (Å²) >= 11 is 0. The first-order valence-electron chi connectivity index (χ1n) is 6.27. The molecule has 19 heavy (non-hydrogen) atoms. The normalized spacial score (nSPS) is 10.9. The lowest BCUT2D eigenvalue weighted by molar-refractivity contribution is 0.562. The average Bonchev–Trinajstić information content (AvgIpc) is 2.73. The van der Waals surface area contributed by atoms with Crippen LogP contribution in [0.25, 0.3) is 0 Å². The molecule has 1 aromatic heterocycles. The van der Waals surface area contributed by atoms with Gasteiger partial charge in [0.2, 0.25) is 0 Å². The Morgan fingerprint density at radius 2 is 2.05 bits per heavy atom. The Bertz CT molecular complexity index is 564. The van der Waals surface area contributed by atoms with Gasteiger partial charge >= 0.3 is 0 Å². The summed E-state index contributed by atoms with van der Waals surface area (Å²) in [7, 11) is 0. The molecule has 0 saturated carbocycles.